The van der Waals surface area contributed by atoms with Crippen molar-refractivity contribution in [3.05, 3.63) is 29.8 Å². The predicted molar refractivity (Wildman–Crippen MR) is 69.2 cm³/mol. The van der Waals surface area contributed by atoms with Crippen molar-refractivity contribution in [1.29, 1.82) is 0 Å². The summed E-state index contributed by atoms with van der Waals surface area (Å²) in [5, 5.41) is 0. The second kappa shape index (κ2) is 8.06. The average molecular weight is 238 g/mol. The van der Waals surface area contributed by atoms with E-state index in [0.29, 0.717) is 6.54 Å². The molecule has 0 spiro atoms. The highest BCUT2D eigenvalue weighted by atomic mass is 16.5. The Morgan fingerprint density at radius 2 is 1.94 bits per heavy atom. The molecule has 0 bridgehead atoms. The molecule has 0 atom stereocenters. The molecule has 0 saturated carbocycles. The number of para-hydroxylation sites is 1. The van der Waals surface area contributed by atoms with Crippen molar-refractivity contribution >= 4 is 0 Å². The summed E-state index contributed by atoms with van der Waals surface area (Å²) in [5.41, 5.74) is 6.79. The van der Waals surface area contributed by atoms with Crippen molar-refractivity contribution < 1.29 is 9.47 Å². The van der Waals surface area contributed by atoms with Crippen LogP contribution in [0.5, 0.6) is 5.75 Å². The summed E-state index contributed by atoms with van der Waals surface area (Å²) in [5.74, 6) is 0.923. The summed E-state index contributed by atoms with van der Waals surface area (Å²) < 4.78 is 10.4. The Morgan fingerprint density at radius 3 is 2.59 bits per heavy atom. The summed E-state index contributed by atoms with van der Waals surface area (Å²) in [7, 11) is 3.41. The van der Waals surface area contributed by atoms with Crippen LogP contribution in [0, 0.1) is 0 Å². The molecule has 1 aromatic carbocycles. The van der Waals surface area contributed by atoms with E-state index in [2.05, 4.69) is 11.0 Å². The molecule has 0 heterocycles. The van der Waals surface area contributed by atoms with Crippen molar-refractivity contribution in [2.45, 2.75) is 6.54 Å². The van der Waals surface area contributed by atoms with Gasteiger partial charge in [-0.05, 0) is 6.07 Å². The predicted octanol–water partition coefficient (Wildman–Crippen LogP) is 1.10. The summed E-state index contributed by atoms with van der Waals surface area (Å²) in [6, 6.07) is 8.06. The molecule has 1 rings (SSSR count). The maximum atomic E-state index is 5.61. The molecule has 1 aromatic rings. The number of ether oxygens (including phenoxy) is 2. The molecule has 0 aliphatic heterocycles. The molecular formula is C13H22N2O2. The van der Waals surface area contributed by atoms with E-state index in [1.54, 1.807) is 14.2 Å². The van der Waals surface area contributed by atoms with E-state index in [1.165, 1.54) is 5.56 Å². The minimum absolute atomic E-state index is 0.652. The molecule has 0 saturated heterocycles. The summed E-state index contributed by atoms with van der Waals surface area (Å²) in [4.78, 5) is 2.27. The first-order valence-electron chi connectivity index (χ1n) is 5.85. The molecular weight excluding hydrogens is 216 g/mol. The number of methoxy groups -OCH3 is 2. The zero-order valence-corrected chi connectivity index (χ0v) is 10.7. The standard InChI is InChI=1S/C13H22N2O2/c1-16-10-9-15(8-7-14)11-12-5-3-4-6-13(12)17-2/h3-6H,7-11,14H2,1-2H3. The number of rotatable bonds is 8. The molecule has 0 unspecified atom stereocenters. The van der Waals surface area contributed by atoms with Crippen LogP contribution in [0.15, 0.2) is 24.3 Å². The first kappa shape index (κ1) is 14.0. The molecule has 2 N–H and O–H groups in total. The summed E-state index contributed by atoms with van der Waals surface area (Å²) >= 11 is 0. The third kappa shape index (κ3) is 4.73. The molecule has 4 nitrogen and oxygen atoms in total. The smallest absolute Gasteiger partial charge is 0.123 e. The van der Waals surface area contributed by atoms with Crippen LogP contribution >= 0.6 is 0 Å². The Kier molecular flexibility index (Phi) is 6.62. The number of nitrogens with two attached hydrogens (primary N) is 1. The van der Waals surface area contributed by atoms with Crippen molar-refractivity contribution in [2.24, 2.45) is 5.73 Å². The van der Waals surface area contributed by atoms with Gasteiger partial charge >= 0.3 is 0 Å². The van der Waals surface area contributed by atoms with Gasteiger partial charge < -0.3 is 15.2 Å². The quantitative estimate of drug-likeness (QED) is 0.737. The SMILES string of the molecule is COCCN(CCN)Cc1ccccc1OC. The van der Waals surface area contributed by atoms with Gasteiger partial charge in [0.05, 0.1) is 13.7 Å². The third-order valence-electron chi connectivity index (χ3n) is 2.64. The Labute approximate surface area is 103 Å². The molecule has 0 radical (unpaired) electrons. The van der Waals surface area contributed by atoms with Crippen LogP contribution in [0.25, 0.3) is 0 Å². The van der Waals surface area contributed by atoms with Crippen LogP contribution in [-0.2, 0) is 11.3 Å². The summed E-state index contributed by atoms with van der Waals surface area (Å²) in [6.45, 7) is 3.95. The van der Waals surface area contributed by atoms with Gasteiger partial charge in [-0.3, -0.25) is 4.90 Å². The fourth-order valence-electron chi connectivity index (χ4n) is 1.75. The van der Waals surface area contributed by atoms with Crippen LogP contribution in [0.4, 0.5) is 0 Å². The normalized spacial score (nSPS) is 10.8. The van der Waals surface area contributed by atoms with E-state index in [0.717, 1.165) is 32.0 Å². The van der Waals surface area contributed by atoms with E-state index in [1.807, 2.05) is 18.2 Å². The molecule has 0 aliphatic carbocycles. The fraction of sp³-hybridized carbons (Fsp3) is 0.538. The average Bonchev–Trinajstić information content (AvgIpc) is 2.37. The zero-order valence-electron chi connectivity index (χ0n) is 10.7. The molecule has 0 amide bonds. The topological polar surface area (TPSA) is 47.7 Å². The second-order valence-corrected chi connectivity index (χ2v) is 3.87. The molecule has 96 valence electrons. The highest BCUT2D eigenvalue weighted by Crippen LogP contribution is 2.18. The lowest BCUT2D eigenvalue weighted by Crippen LogP contribution is -2.32. The monoisotopic (exact) mass is 238 g/mol. The van der Waals surface area contributed by atoms with Crippen LogP contribution < -0.4 is 10.5 Å². The zero-order chi connectivity index (χ0) is 12.5. The van der Waals surface area contributed by atoms with E-state index in [-0.39, 0.29) is 0 Å². The van der Waals surface area contributed by atoms with Gasteiger partial charge in [0.25, 0.3) is 0 Å². The number of hydrogen-bond acceptors (Lipinski definition) is 4. The number of benzene rings is 1. The molecule has 4 heteroatoms. The molecule has 0 aliphatic rings. The van der Waals surface area contributed by atoms with Crippen molar-refractivity contribution in [1.82, 2.24) is 4.90 Å². The fourth-order valence-corrected chi connectivity index (χ4v) is 1.75. The maximum absolute atomic E-state index is 5.61. The lowest BCUT2D eigenvalue weighted by Gasteiger charge is -2.22. The minimum atomic E-state index is 0.652. The van der Waals surface area contributed by atoms with Crippen LogP contribution in [0.2, 0.25) is 0 Å². The van der Waals surface area contributed by atoms with Crippen LogP contribution in [0.1, 0.15) is 5.56 Å². The Bertz CT molecular complexity index is 318. The Hall–Kier alpha value is -1.10. The maximum Gasteiger partial charge on any atom is 0.123 e. The van der Waals surface area contributed by atoms with Gasteiger partial charge in [0.1, 0.15) is 5.75 Å². The third-order valence-corrected chi connectivity index (χ3v) is 2.64. The van der Waals surface area contributed by atoms with E-state index >= 15 is 0 Å². The van der Waals surface area contributed by atoms with E-state index < -0.39 is 0 Å². The highest BCUT2D eigenvalue weighted by Gasteiger charge is 2.08. The van der Waals surface area contributed by atoms with Crippen LogP contribution in [-0.4, -0.2) is 45.4 Å². The van der Waals surface area contributed by atoms with Gasteiger partial charge in [-0.15, -0.1) is 0 Å². The lowest BCUT2D eigenvalue weighted by atomic mass is 10.2. The summed E-state index contributed by atoms with van der Waals surface area (Å²) in [6.07, 6.45) is 0. The Morgan fingerprint density at radius 1 is 1.18 bits per heavy atom. The van der Waals surface area contributed by atoms with Gasteiger partial charge in [0, 0.05) is 38.9 Å². The van der Waals surface area contributed by atoms with Gasteiger partial charge in [0.15, 0.2) is 0 Å². The largest absolute Gasteiger partial charge is 0.496 e. The highest BCUT2D eigenvalue weighted by molar-refractivity contribution is 5.33. The molecule has 0 fully saturated rings. The van der Waals surface area contributed by atoms with Crippen molar-refractivity contribution in [3.63, 3.8) is 0 Å². The number of nitrogens with zero attached hydrogens (tertiary/aromatic N) is 1. The van der Waals surface area contributed by atoms with Gasteiger partial charge in [-0.2, -0.15) is 0 Å². The van der Waals surface area contributed by atoms with E-state index in [9.17, 15) is 0 Å². The first-order chi connectivity index (χ1) is 8.31. The minimum Gasteiger partial charge on any atom is -0.496 e. The van der Waals surface area contributed by atoms with Gasteiger partial charge in [0.2, 0.25) is 0 Å². The van der Waals surface area contributed by atoms with Gasteiger partial charge in [-0.1, -0.05) is 18.2 Å². The Balaban J connectivity index is 2.63. The molecule has 17 heavy (non-hydrogen) atoms. The number of hydrogen-bond donors (Lipinski definition) is 1. The van der Waals surface area contributed by atoms with Gasteiger partial charge in [-0.25, -0.2) is 0 Å². The van der Waals surface area contributed by atoms with Crippen LogP contribution in [0.3, 0.4) is 0 Å². The lowest BCUT2D eigenvalue weighted by molar-refractivity contribution is 0.145. The van der Waals surface area contributed by atoms with E-state index in [4.69, 9.17) is 15.2 Å². The van der Waals surface area contributed by atoms with Crippen molar-refractivity contribution in [3.8, 4) is 5.75 Å². The first-order valence-corrected chi connectivity index (χ1v) is 5.85. The molecule has 0 aromatic heterocycles. The second-order valence-electron chi connectivity index (χ2n) is 3.87. The van der Waals surface area contributed by atoms with Crippen molar-refractivity contribution in [2.75, 3.05) is 40.5 Å².